The number of hydrogen-bond acceptors (Lipinski definition) is 3. The highest BCUT2D eigenvalue weighted by atomic mass is 31.0. The Morgan fingerprint density at radius 3 is 2.60 bits per heavy atom. The highest BCUT2D eigenvalue weighted by Gasteiger charge is 2.46. The van der Waals surface area contributed by atoms with Crippen molar-refractivity contribution in [3.63, 3.8) is 0 Å². The van der Waals surface area contributed by atoms with Gasteiger partial charge in [-0.3, -0.25) is 9.69 Å². The molecule has 0 spiro atoms. The van der Waals surface area contributed by atoms with Crippen molar-refractivity contribution in [1.29, 1.82) is 0 Å². The molecule has 5 rings (SSSR count). The number of halogens is 2. The van der Waals surface area contributed by atoms with Crippen molar-refractivity contribution >= 4 is 37.9 Å². The van der Waals surface area contributed by atoms with Gasteiger partial charge in [0, 0.05) is 23.4 Å². The highest BCUT2D eigenvalue weighted by molar-refractivity contribution is 7.17. The lowest BCUT2D eigenvalue weighted by molar-refractivity contribution is -0.118. The molecule has 4 aromatic rings. The van der Waals surface area contributed by atoms with Gasteiger partial charge in [-0.1, -0.05) is 37.3 Å². The number of H-pyrrole nitrogens is 1. The molecule has 35 heavy (non-hydrogen) atoms. The third kappa shape index (κ3) is 4.56. The van der Waals surface area contributed by atoms with Crippen LogP contribution in [0.2, 0.25) is 0 Å². The first-order chi connectivity index (χ1) is 16.9. The standard InChI is InChI=1S/C27H24F2N3O2P/c1-16(35)9-10-34-19-13-21(28)25(22(29)14-19)26-20(11-17-5-3-2-4-6-17)27(33)32(26)18-7-8-23-24(12-18)31-15-30-23/h2-8,11-16,26H,9-10,35H2,1H3,(H,30,31)/b20-11-/t16?,26-/m1/s1. The molecule has 0 radical (unpaired) electrons. The third-order valence-corrected chi connectivity index (χ3v) is 6.32. The number of nitrogens with one attached hydrogen (secondary N) is 1. The van der Waals surface area contributed by atoms with E-state index in [-0.39, 0.29) is 17.2 Å². The summed E-state index contributed by atoms with van der Waals surface area (Å²) < 4.78 is 36.3. The van der Waals surface area contributed by atoms with Gasteiger partial charge >= 0.3 is 0 Å². The second-order valence-electron chi connectivity index (χ2n) is 8.61. The minimum absolute atomic E-state index is 0.123. The number of rotatable bonds is 7. The van der Waals surface area contributed by atoms with Gasteiger partial charge in [-0.2, -0.15) is 0 Å². The first-order valence-electron chi connectivity index (χ1n) is 11.3. The molecule has 0 bridgehead atoms. The largest absolute Gasteiger partial charge is 0.493 e. The van der Waals surface area contributed by atoms with Crippen LogP contribution in [-0.4, -0.2) is 28.1 Å². The first-order valence-corrected chi connectivity index (χ1v) is 12.0. The molecule has 3 atom stereocenters. The number of aromatic nitrogens is 2. The Labute approximate surface area is 204 Å². The van der Waals surface area contributed by atoms with Crippen LogP contribution >= 0.6 is 9.24 Å². The fraction of sp³-hybridized carbons (Fsp3) is 0.185. The van der Waals surface area contributed by atoms with Crippen LogP contribution in [0.3, 0.4) is 0 Å². The number of imidazole rings is 1. The summed E-state index contributed by atoms with van der Waals surface area (Å²) >= 11 is 0. The lowest BCUT2D eigenvalue weighted by Gasteiger charge is -2.43. The molecule has 1 aromatic heterocycles. The maximum absolute atomic E-state index is 15.4. The maximum atomic E-state index is 15.4. The van der Waals surface area contributed by atoms with E-state index in [0.29, 0.717) is 29.0 Å². The quantitative estimate of drug-likeness (QED) is 0.195. The van der Waals surface area contributed by atoms with E-state index in [1.807, 2.05) is 37.3 Å². The van der Waals surface area contributed by atoms with Gasteiger partial charge in [0.25, 0.3) is 5.91 Å². The van der Waals surface area contributed by atoms with Crippen molar-refractivity contribution in [2.75, 3.05) is 11.5 Å². The molecule has 1 saturated heterocycles. The SMILES string of the molecule is CC(P)CCOc1cc(F)c([C@H]2/C(=C/c3ccccc3)C(=O)N2c2ccc3[nH]cnc3c2)c(F)c1. The van der Waals surface area contributed by atoms with Crippen LogP contribution in [0.25, 0.3) is 17.1 Å². The van der Waals surface area contributed by atoms with E-state index in [0.717, 1.165) is 17.5 Å². The summed E-state index contributed by atoms with van der Waals surface area (Å²) in [4.78, 5) is 21.9. The van der Waals surface area contributed by atoms with Gasteiger partial charge in [-0.05, 0) is 41.9 Å². The van der Waals surface area contributed by atoms with Crippen LogP contribution < -0.4 is 9.64 Å². The third-order valence-electron chi connectivity index (χ3n) is 5.99. The van der Waals surface area contributed by atoms with Gasteiger partial charge in [-0.15, -0.1) is 9.24 Å². The second kappa shape index (κ2) is 9.59. The van der Waals surface area contributed by atoms with Gasteiger partial charge in [0.15, 0.2) is 0 Å². The zero-order valence-electron chi connectivity index (χ0n) is 19.0. The summed E-state index contributed by atoms with van der Waals surface area (Å²) in [5, 5.41) is 0. The summed E-state index contributed by atoms with van der Waals surface area (Å²) in [5.41, 5.74) is 3.19. The average Bonchev–Trinajstić information content (AvgIpc) is 3.30. The van der Waals surface area contributed by atoms with Crippen molar-refractivity contribution in [3.05, 3.63) is 95.3 Å². The zero-order valence-corrected chi connectivity index (χ0v) is 20.2. The normalized spacial score (nSPS) is 17.6. The second-order valence-corrected chi connectivity index (χ2v) is 9.75. The van der Waals surface area contributed by atoms with Crippen LogP contribution in [0.1, 0.15) is 30.5 Å². The summed E-state index contributed by atoms with van der Waals surface area (Å²) in [5.74, 6) is -1.72. The Bertz CT molecular complexity index is 1400. The smallest absolute Gasteiger partial charge is 0.257 e. The summed E-state index contributed by atoms with van der Waals surface area (Å²) in [6.07, 6.45) is 3.97. The molecule has 1 N–H and O–H groups in total. The van der Waals surface area contributed by atoms with Crippen LogP contribution in [0.15, 0.2) is 72.6 Å². The number of ether oxygens (including phenoxy) is 1. The Balaban J connectivity index is 1.56. The average molecular weight is 491 g/mol. The molecular formula is C27H24F2N3O2P. The van der Waals surface area contributed by atoms with Crippen molar-refractivity contribution in [2.45, 2.75) is 25.0 Å². The van der Waals surface area contributed by atoms with E-state index >= 15 is 8.78 Å². The molecule has 1 aliphatic heterocycles. The Morgan fingerprint density at radius 1 is 1.14 bits per heavy atom. The van der Waals surface area contributed by atoms with Crippen LogP contribution in [0.4, 0.5) is 14.5 Å². The van der Waals surface area contributed by atoms with Gasteiger partial charge in [0.05, 0.1) is 35.6 Å². The number of aromatic amines is 1. The van der Waals surface area contributed by atoms with E-state index in [1.165, 1.54) is 17.0 Å². The lowest BCUT2D eigenvalue weighted by atomic mass is 9.85. The molecule has 178 valence electrons. The van der Waals surface area contributed by atoms with Gasteiger partial charge in [-0.25, -0.2) is 13.8 Å². The maximum Gasteiger partial charge on any atom is 0.257 e. The van der Waals surface area contributed by atoms with Crippen molar-refractivity contribution in [1.82, 2.24) is 9.97 Å². The predicted octanol–water partition coefficient (Wildman–Crippen LogP) is 6.05. The predicted molar refractivity (Wildman–Crippen MR) is 136 cm³/mol. The summed E-state index contributed by atoms with van der Waals surface area (Å²) in [7, 11) is 2.66. The fourth-order valence-corrected chi connectivity index (χ4v) is 4.34. The molecule has 1 fully saturated rings. The Kier molecular flexibility index (Phi) is 6.35. The van der Waals surface area contributed by atoms with Crippen LogP contribution in [-0.2, 0) is 4.79 Å². The molecule has 2 unspecified atom stereocenters. The Hall–Kier alpha value is -3.57. The van der Waals surface area contributed by atoms with E-state index in [4.69, 9.17) is 4.74 Å². The molecule has 0 aliphatic carbocycles. The minimum Gasteiger partial charge on any atom is -0.493 e. The molecule has 1 amide bonds. The number of anilines is 1. The number of nitrogens with zero attached hydrogens (tertiary/aromatic N) is 2. The molecule has 1 aliphatic rings. The first kappa shape index (κ1) is 23.2. The van der Waals surface area contributed by atoms with Crippen molar-refractivity contribution < 1.29 is 18.3 Å². The van der Waals surface area contributed by atoms with E-state index < -0.39 is 17.7 Å². The van der Waals surface area contributed by atoms with Gasteiger partial charge in [0.1, 0.15) is 17.4 Å². The van der Waals surface area contributed by atoms with Crippen molar-refractivity contribution in [2.24, 2.45) is 0 Å². The number of fused-ring (bicyclic) bond motifs is 1. The molecule has 3 aromatic carbocycles. The van der Waals surface area contributed by atoms with Crippen molar-refractivity contribution in [3.8, 4) is 5.75 Å². The molecule has 8 heteroatoms. The zero-order chi connectivity index (χ0) is 24.5. The van der Waals surface area contributed by atoms with E-state index in [1.54, 1.807) is 30.6 Å². The molecule has 0 saturated carbocycles. The summed E-state index contributed by atoms with van der Waals surface area (Å²) in [6, 6.07) is 15.9. The number of benzene rings is 3. The molecule has 2 heterocycles. The van der Waals surface area contributed by atoms with Crippen LogP contribution in [0, 0.1) is 11.6 Å². The lowest BCUT2D eigenvalue weighted by Crippen LogP contribution is -2.50. The van der Waals surface area contributed by atoms with E-state index in [9.17, 15) is 4.79 Å². The number of β-lactam (4-membered cyclic amide) rings is 1. The monoisotopic (exact) mass is 491 g/mol. The topological polar surface area (TPSA) is 58.2 Å². The Morgan fingerprint density at radius 2 is 1.89 bits per heavy atom. The molecule has 5 nitrogen and oxygen atoms in total. The number of carbonyl (C=O) groups excluding carboxylic acids is 1. The van der Waals surface area contributed by atoms with Gasteiger partial charge < -0.3 is 9.72 Å². The molecular weight excluding hydrogens is 467 g/mol. The number of amides is 1. The van der Waals surface area contributed by atoms with Crippen LogP contribution in [0.5, 0.6) is 5.75 Å². The van der Waals surface area contributed by atoms with E-state index in [2.05, 4.69) is 19.2 Å². The number of hydrogen-bond donors (Lipinski definition) is 1. The number of carbonyl (C=O) groups is 1. The minimum atomic E-state index is -0.930. The summed E-state index contributed by atoms with van der Waals surface area (Å²) in [6.45, 7) is 2.36. The highest BCUT2D eigenvalue weighted by Crippen LogP contribution is 2.46. The van der Waals surface area contributed by atoms with Gasteiger partial charge in [0.2, 0.25) is 0 Å². The fourth-order valence-electron chi connectivity index (χ4n) is 4.21.